The van der Waals surface area contributed by atoms with Crippen LogP contribution in [-0.4, -0.2) is 37.2 Å². The highest BCUT2D eigenvalue weighted by molar-refractivity contribution is 6.02. The standard InChI is InChI=1S/C16H15NO5/c1-21-10-4-2-9(3-5-10)17-8-16-7-6-11(22-16)12(15(19)20)13(16)14(17)18/h2-7,11-13H,8H2,1H3,(H,19,20)/p-1/t11-,12-,13+,16-/m0/s1. The zero-order valence-electron chi connectivity index (χ0n) is 11.9. The van der Waals surface area contributed by atoms with Crippen LogP contribution in [0.3, 0.4) is 0 Å². The third kappa shape index (κ3) is 1.58. The number of carboxylic acids is 1. The molecule has 0 saturated carbocycles. The molecule has 22 heavy (non-hydrogen) atoms. The van der Waals surface area contributed by atoms with Gasteiger partial charge < -0.3 is 24.3 Å². The smallest absolute Gasteiger partial charge is 0.234 e. The van der Waals surface area contributed by atoms with Crippen LogP contribution >= 0.6 is 0 Å². The van der Waals surface area contributed by atoms with Gasteiger partial charge in [0.1, 0.15) is 11.4 Å². The first kappa shape index (κ1) is 13.3. The minimum absolute atomic E-state index is 0.230. The van der Waals surface area contributed by atoms with E-state index in [2.05, 4.69) is 0 Å². The van der Waals surface area contributed by atoms with Gasteiger partial charge in [0.25, 0.3) is 0 Å². The quantitative estimate of drug-likeness (QED) is 0.718. The van der Waals surface area contributed by atoms with Gasteiger partial charge in [-0.15, -0.1) is 0 Å². The van der Waals surface area contributed by atoms with Crippen LogP contribution in [0.5, 0.6) is 5.75 Å². The summed E-state index contributed by atoms with van der Waals surface area (Å²) in [7, 11) is 1.57. The Hall–Kier alpha value is -2.34. The molecule has 1 aromatic rings. The molecule has 3 aliphatic heterocycles. The van der Waals surface area contributed by atoms with Crippen molar-refractivity contribution in [3.8, 4) is 5.75 Å². The molecule has 1 aromatic carbocycles. The number of hydrogen-bond donors (Lipinski definition) is 0. The van der Waals surface area contributed by atoms with E-state index in [0.29, 0.717) is 18.0 Å². The molecule has 0 aromatic heterocycles. The molecule has 2 saturated heterocycles. The average molecular weight is 300 g/mol. The van der Waals surface area contributed by atoms with Crippen molar-refractivity contribution in [2.45, 2.75) is 11.7 Å². The molecular formula is C16H14NO5-. The van der Waals surface area contributed by atoms with Crippen molar-refractivity contribution in [2.75, 3.05) is 18.6 Å². The number of carbonyl (C=O) groups is 2. The molecule has 4 atom stereocenters. The van der Waals surface area contributed by atoms with Crippen molar-refractivity contribution in [3.63, 3.8) is 0 Å². The molecule has 0 aliphatic carbocycles. The van der Waals surface area contributed by atoms with Crippen LogP contribution in [0.15, 0.2) is 36.4 Å². The predicted octanol–water partition coefficient (Wildman–Crippen LogP) is -0.269. The number of nitrogens with zero attached hydrogens (tertiary/aromatic N) is 1. The summed E-state index contributed by atoms with van der Waals surface area (Å²) in [4.78, 5) is 25.7. The second kappa shape index (κ2) is 4.33. The van der Waals surface area contributed by atoms with E-state index >= 15 is 0 Å². The molecule has 0 unspecified atom stereocenters. The Bertz CT molecular complexity index is 682. The fraction of sp³-hybridized carbons (Fsp3) is 0.375. The second-order valence-electron chi connectivity index (χ2n) is 5.84. The van der Waals surface area contributed by atoms with Gasteiger partial charge in [-0.05, 0) is 24.3 Å². The van der Waals surface area contributed by atoms with E-state index < -0.39 is 29.5 Å². The van der Waals surface area contributed by atoms with E-state index in [1.165, 1.54) is 0 Å². The molecule has 4 rings (SSSR count). The minimum Gasteiger partial charge on any atom is -0.550 e. The Morgan fingerprint density at radius 2 is 2.14 bits per heavy atom. The fourth-order valence-electron chi connectivity index (χ4n) is 3.75. The van der Waals surface area contributed by atoms with Gasteiger partial charge in [0.2, 0.25) is 5.91 Å². The van der Waals surface area contributed by atoms with Gasteiger partial charge in [0, 0.05) is 17.6 Å². The number of methoxy groups -OCH3 is 1. The normalized spacial score (nSPS) is 35.0. The van der Waals surface area contributed by atoms with Crippen LogP contribution in [0.1, 0.15) is 0 Å². The zero-order chi connectivity index (χ0) is 15.5. The summed E-state index contributed by atoms with van der Waals surface area (Å²) in [6.45, 7) is 0.319. The molecule has 2 fully saturated rings. The summed E-state index contributed by atoms with van der Waals surface area (Å²) in [5, 5.41) is 11.4. The van der Waals surface area contributed by atoms with Gasteiger partial charge in [-0.25, -0.2) is 0 Å². The highest BCUT2D eigenvalue weighted by Gasteiger charge is 2.65. The molecule has 1 spiro atoms. The third-order valence-corrected chi connectivity index (χ3v) is 4.76. The monoisotopic (exact) mass is 300 g/mol. The highest BCUT2D eigenvalue weighted by Crippen LogP contribution is 2.52. The maximum Gasteiger partial charge on any atom is 0.234 e. The van der Waals surface area contributed by atoms with Gasteiger partial charge in [-0.2, -0.15) is 0 Å². The summed E-state index contributed by atoms with van der Waals surface area (Å²) in [5.41, 5.74) is -0.140. The Balaban J connectivity index is 1.70. The predicted molar refractivity (Wildman–Crippen MR) is 74.1 cm³/mol. The summed E-state index contributed by atoms with van der Waals surface area (Å²) < 4.78 is 10.9. The van der Waals surface area contributed by atoms with Crippen molar-refractivity contribution in [1.29, 1.82) is 0 Å². The lowest BCUT2D eigenvalue weighted by Crippen LogP contribution is -2.45. The van der Waals surface area contributed by atoms with Crippen LogP contribution < -0.4 is 14.7 Å². The fourth-order valence-corrected chi connectivity index (χ4v) is 3.75. The molecule has 0 N–H and O–H groups in total. The molecule has 1 amide bonds. The van der Waals surface area contributed by atoms with Gasteiger partial charge in [-0.1, -0.05) is 12.2 Å². The Morgan fingerprint density at radius 1 is 1.41 bits per heavy atom. The molecule has 3 aliphatic rings. The van der Waals surface area contributed by atoms with Crippen molar-refractivity contribution in [3.05, 3.63) is 36.4 Å². The van der Waals surface area contributed by atoms with Gasteiger partial charge in [0.05, 0.1) is 25.7 Å². The first-order valence-electron chi connectivity index (χ1n) is 7.09. The van der Waals surface area contributed by atoms with Crippen LogP contribution in [0, 0.1) is 11.8 Å². The number of anilines is 1. The van der Waals surface area contributed by atoms with E-state index in [-0.39, 0.29) is 5.91 Å². The lowest BCUT2D eigenvalue weighted by molar-refractivity contribution is -0.313. The summed E-state index contributed by atoms with van der Waals surface area (Å²) >= 11 is 0. The van der Waals surface area contributed by atoms with Gasteiger partial charge >= 0.3 is 0 Å². The van der Waals surface area contributed by atoms with Crippen LogP contribution in [0.4, 0.5) is 5.69 Å². The molecule has 6 heteroatoms. The van der Waals surface area contributed by atoms with Gasteiger partial charge in [0.15, 0.2) is 0 Å². The van der Waals surface area contributed by atoms with Crippen molar-refractivity contribution in [2.24, 2.45) is 11.8 Å². The number of rotatable bonds is 3. The van der Waals surface area contributed by atoms with Crippen LogP contribution in [-0.2, 0) is 14.3 Å². The Labute approximate surface area is 126 Å². The SMILES string of the molecule is COc1ccc(N2C[C@]34C=C[C@H](O3)[C@H](C(=O)[O-])[C@@H]4C2=O)cc1. The number of benzene rings is 1. The van der Waals surface area contributed by atoms with Crippen molar-refractivity contribution >= 4 is 17.6 Å². The first-order chi connectivity index (χ1) is 10.6. The number of amides is 1. The first-order valence-corrected chi connectivity index (χ1v) is 7.09. The average Bonchev–Trinajstić information content (AvgIpc) is 3.15. The summed E-state index contributed by atoms with van der Waals surface area (Å²) in [5.74, 6) is -2.40. The van der Waals surface area contributed by atoms with Gasteiger partial charge in [-0.3, -0.25) is 4.79 Å². The number of aliphatic carboxylic acids is 1. The summed E-state index contributed by atoms with van der Waals surface area (Å²) in [6.07, 6.45) is 2.99. The van der Waals surface area contributed by atoms with E-state index in [1.807, 2.05) is 6.08 Å². The topological polar surface area (TPSA) is 78.9 Å². The largest absolute Gasteiger partial charge is 0.550 e. The molecule has 2 bridgehead atoms. The molecule has 6 nitrogen and oxygen atoms in total. The maximum absolute atomic E-state index is 12.7. The van der Waals surface area contributed by atoms with Crippen molar-refractivity contribution < 1.29 is 24.2 Å². The Morgan fingerprint density at radius 3 is 2.77 bits per heavy atom. The zero-order valence-corrected chi connectivity index (χ0v) is 11.9. The molecule has 0 radical (unpaired) electrons. The lowest BCUT2D eigenvalue weighted by Gasteiger charge is -2.24. The van der Waals surface area contributed by atoms with E-state index in [9.17, 15) is 14.7 Å². The number of fused-ring (bicyclic) bond motifs is 1. The lowest BCUT2D eigenvalue weighted by atomic mass is 9.77. The van der Waals surface area contributed by atoms with Crippen LogP contribution in [0.25, 0.3) is 0 Å². The molecular weight excluding hydrogens is 286 g/mol. The van der Waals surface area contributed by atoms with E-state index in [4.69, 9.17) is 9.47 Å². The van der Waals surface area contributed by atoms with Crippen LogP contribution in [0.2, 0.25) is 0 Å². The Kier molecular flexibility index (Phi) is 2.62. The number of carboxylic acid groups (broad SMARTS) is 1. The van der Waals surface area contributed by atoms with E-state index in [1.54, 1.807) is 42.4 Å². The number of carbonyl (C=O) groups excluding carboxylic acids is 2. The van der Waals surface area contributed by atoms with E-state index in [0.717, 1.165) is 0 Å². The van der Waals surface area contributed by atoms with Crippen molar-refractivity contribution in [1.82, 2.24) is 0 Å². The second-order valence-corrected chi connectivity index (χ2v) is 5.84. The maximum atomic E-state index is 12.7. The summed E-state index contributed by atoms with van der Waals surface area (Å²) in [6, 6.07) is 7.08. The minimum atomic E-state index is -1.23. The number of hydrogen-bond acceptors (Lipinski definition) is 5. The highest BCUT2D eigenvalue weighted by atomic mass is 16.5. The third-order valence-electron chi connectivity index (χ3n) is 4.76. The molecule has 3 heterocycles. The number of ether oxygens (including phenoxy) is 2. The molecule has 114 valence electrons.